The van der Waals surface area contributed by atoms with Crippen molar-refractivity contribution in [2.24, 2.45) is 5.10 Å². The van der Waals surface area contributed by atoms with Crippen LogP contribution in [0.1, 0.15) is 15.2 Å². The minimum absolute atomic E-state index is 0.328. The van der Waals surface area contributed by atoms with Crippen molar-refractivity contribution in [1.29, 1.82) is 0 Å². The number of anilines is 1. The van der Waals surface area contributed by atoms with Crippen molar-refractivity contribution in [3.8, 4) is 5.75 Å². The van der Waals surface area contributed by atoms with Gasteiger partial charge < -0.3 is 10.1 Å². The van der Waals surface area contributed by atoms with E-state index in [0.717, 1.165) is 20.9 Å². The normalized spacial score (nSPS) is 11.1. The number of ether oxygens (including phenoxy) is 1. The SMILES string of the molecule is O=C(N/N=C/c1ccc(OC(=O)c2sc3ccccc3c2Cl)cc1)C(=O)Nc1cccc2ccccc12. The Morgan fingerprint density at radius 3 is 2.30 bits per heavy atom. The molecule has 2 N–H and O–H groups in total. The zero-order valence-electron chi connectivity index (χ0n) is 19.1. The van der Waals surface area contributed by atoms with E-state index in [1.807, 2.05) is 54.6 Å². The molecule has 0 spiro atoms. The molecule has 37 heavy (non-hydrogen) atoms. The highest BCUT2D eigenvalue weighted by molar-refractivity contribution is 7.21. The fraction of sp³-hybridized carbons (Fsp3) is 0. The van der Waals surface area contributed by atoms with Crippen LogP contribution in [0.25, 0.3) is 20.9 Å². The summed E-state index contributed by atoms with van der Waals surface area (Å²) in [5, 5.41) is 9.38. The van der Waals surface area contributed by atoms with Crippen molar-refractivity contribution < 1.29 is 19.1 Å². The van der Waals surface area contributed by atoms with Gasteiger partial charge in [-0.3, -0.25) is 9.59 Å². The molecule has 5 rings (SSSR count). The van der Waals surface area contributed by atoms with Crippen molar-refractivity contribution in [3.05, 3.63) is 106 Å². The lowest BCUT2D eigenvalue weighted by Gasteiger charge is -2.07. The van der Waals surface area contributed by atoms with Crippen LogP contribution < -0.4 is 15.5 Å². The Morgan fingerprint density at radius 1 is 0.811 bits per heavy atom. The topological polar surface area (TPSA) is 96.9 Å². The van der Waals surface area contributed by atoms with E-state index in [4.69, 9.17) is 16.3 Å². The van der Waals surface area contributed by atoms with Gasteiger partial charge in [0.05, 0.1) is 11.2 Å². The Morgan fingerprint density at radius 2 is 1.51 bits per heavy atom. The number of rotatable bonds is 5. The number of benzene rings is 4. The van der Waals surface area contributed by atoms with E-state index in [9.17, 15) is 14.4 Å². The summed E-state index contributed by atoms with van der Waals surface area (Å²) in [6, 6.07) is 26.9. The van der Waals surface area contributed by atoms with Gasteiger partial charge in [0, 0.05) is 21.2 Å². The molecular weight excluding hydrogens is 510 g/mol. The molecule has 0 aliphatic carbocycles. The molecule has 0 fully saturated rings. The maximum absolute atomic E-state index is 12.6. The first-order valence-electron chi connectivity index (χ1n) is 11.1. The number of hydrogen-bond donors (Lipinski definition) is 2. The van der Waals surface area contributed by atoms with Crippen molar-refractivity contribution >= 4 is 73.5 Å². The molecular formula is C28H18ClN3O4S. The third-order valence-electron chi connectivity index (χ3n) is 5.43. The van der Waals surface area contributed by atoms with Gasteiger partial charge in [0.2, 0.25) is 0 Å². The summed E-state index contributed by atoms with van der Waals surface area (Å²) in [6.45, 7) is 0. The summed E-state index contributed by atoms with van der Waals surface area (Å²) in [5.74, 6) is -1.96. The molecule has 0 unspecified atom stereocenters. The molecule has 0 atom stereocenters. The largest absolute Gasteiger partial charge is 0.422 e. The van der Waals surface area contributed by atoms with Crippen LogP contribution >= 0.6 is 22.9 Å². The van der Waals surface area contributed by atoms with E-state index in [2.05, 4.69) is 15.8 Å². The standard InChI is InChI=1S/C28H18ClN3O4S/c29-24-21-9-3-4-11-23(21)37-25(24)28(35)36-19-14-12-17(13-15-19)16-30-32-27(34)26(33)31-22-10-5-7-18-6-1-2-8-20(18)22/h1-16H,(H,31,33)(H,32,34)/b30-16+. The highest BCUT2D eigenvalue weighted by atomic mass is 35.5. The maximum atomic E-state index is 12.6. The van der Waals surface area contributed by atoms with Crippen molar-refractivity contribution in [1.82, 2.24) is 5.43 Å². The minimum Gasteiger partial charge on any atom is -0.422 e. The first-order chi connectivity index (χ1) is 18.0. The van der Waals surface area contributed by atoms with Crippen molar-refractivity contribution in [3.63, 3.8) is 0 Å². The highest BCUT2D eigenvalue weighted by Gasteiger charge is 2.19. The maximum Gasteiger partial charge on any atom is 0.355 e. The number of carbonyl (C=O) groups is 3. The van der Waals surface area contributed by atoms with Gasteiger partial charge in [0.25, 0.3) is 0 Å². The Bertz CT molecular complexity index is 1670. The second-order valence-electron chi connectivity index (χ2n) is 7.88. The van der Waals surface area contributed by atoms with Crippen LogP contribution in [0, 0.1) is 0 Å². The van der Waals surface area contributed by atoms with Crippen LogP contribution in [-0.2, 0) is 9.59 Å². The smallest absolute Gasteiger partial charge is 0.355 e. The molecule has 0 aliphatic heterocycles. The van der Waals surface area contributed by atoms with Gasteiger partial charge in [0.15, 0.2) is 0 Å². The van der Waals surface area contributed by atoms with Gasteiger partial charge in [-0.05, 0) is 47.3 Å². The fourth-order valence-electron chi connectivity index (χ4n) is 3.65. The summed E-state index contributed by atoms with van der Waals surface area (Å²) < 4.78 is 6.35. The van der Waals surface area contributed by atoms with Gasteiger partial charge in [-0.1, -0.05) is 66.2 Å². The Labute approximate surface area is 220 Å². The summed E-state index contributed by atoms with van der Waals surface area (Å²) >= 11 is 7.62. The third-order valence-corrected chi connectivity index (χ3v) is 7.09. The molecule has 2 amide bonds. The predicted octanol–water partition coefficient (Wildman–Crippen LogP) is 6.02. The molecule has 1 aromatic heterocycles. The Balaban J connectivity index is 1.17. The Kier molecular flexibility index (Phi) is 6.93. The lowest BCUT2D eigenvalue weighted by atomic mass is 10.1. The lowest BCUT2D eigenvalue weighted by molar-refractivity contribution is -0.136. The first kappa shape index (κ1) is 24.2. The summed E-state index contributed by atoms with van der Waals surface area (Å²) in [6.07, 6.45) is 1.37. The zero-order chi connectivity index (χ0) is 25.8. The van der Waals surface area contributed by atoms with E-state index in [0.29, 0.717) is 26.9 Å². The minimum atomic E-state index is -0.907. The van der Waals surface area contributed by atoms with Crippen LogP contribution in [0.2, 0.25) is 5.02 Å². The molecule has 182 valence electrons. The lowest BCUT2D eigenvalue weighted by Crippen LogP contribution is -2.32. The number of amides is 2. The van der Waals surface area contributed by atoms with Crippen LogP contribution in [0.5, 0.6) is 5.75 Å². The van der Waals surface area contributed by atoms with E-state index >= 15 is 0 Å². The number of carbonyl (C=O) groups excluding carboxylic acids is 3. The molecule has 4 aromatic carbocycles. The molecule has 5 aromatic rings. The summed E-state index contributed by atoms with van der Waals surface area (Å²) in [4.78, 5) is 37.4. The predicted molar refractivity (Wildman–Crippen MR) is 147 cm³/mol. The molecule has 0 saturated carbocycles. The van der Waals surface area contributed by atoms with E-state index in [1.54, 1.807) is 36.4 Å². The number of hydrogen-bond acceptors (Lipinski definition) is 6. The number of nitrogens with zero attached hydrogens (tertiary/aromatic N) is 1. The van der Waals surface area contributed by atoms with E-state index in [1.165, 1.54) is 17.6 Å². The number of hydrazone groups is 1. The molecule has 0 saturated heterocycles. The van der Waals surface area contributed by atoms with Crippen LogP contribution in [0.15, 0.2) is 96.1 Å². The zero-order valence-corrected chi connectivity index (χ0v) is 20.7. The number of fused-ring (bicyclic) bond motifs is 2. The van der Waals surface area contributed by atoms with E-state index in [-0.39, 0.29) is 0 Å². The highest BCUT2D eigenvalue weighted by Crippen LogP contribution is 2.35. The number of nitrogens with one attached hydrogen (secondary N) is 2. The van der Waals surface area contributed by atoms with Gasteiger partial charge >= 0.3 is 17.8 Å². The average molecular weight is 528 g/mol. The Hall–Kier alpha value is -4.53. The van der Waals surface area contributed by atoms with Crippen molar-refractivity contribution in [2.75, 3.05) is 5.32 Å². The monoisotopic (exact) mass is 527 g/mol. The molecule has 0 radical (unpaired) electrons. The number of halogens is 1. The summed E-state index contributed by atoms with van der Waals surface area (Å²) in [5.41, 5.74) is 3.36. The van der Waals surface area contributed by atoms with E-state index < -0.39 is 17.8 Å². The van der Waals surface area contributed by atoms with Gasteiger partial charge in [-0.15, -0.1) is 11.3 Å². The number of esters is 1. The average Bonchev–Trinajstić information content (AvgIpc) is 3.26. The van der Waals surface area contributed by atoms with Crippen LogP contribution in [0.4, 0.5) is 5.69 Å². The van der Waals surface area contributed by atoms with Gasteiger partial charge in [0.1, 0.15) is 10.6 Å². The van der Waals surface area contributed by atoms with Gasteiger partial charge in [-0.25, -0.2) is 10.2 Å². The molecule has 0 aliphatic rings. The summed E-state index contributed by atoms with van der Waals surface area (Å²) in [7, 11) is 0. The first-order valence-corrected chi connectivity index (χ1v) is 12.3. The van der Waals surface area contributed by atoms with Gasteiger partial charge in [-0.2, -0.15) is 5.10 Å². The van der Waals surface area contributed by atoms with Crippen LogP contribution in [-0.4, -0.2) is 24.0 Å². The molecule has 1 heterocycles. The molecule has 0 bridgehead atoms. The second-order valence-corrected chi connectivity index (χ2v) is 9.31. The molecule has 9 heteroatoms. The fourth-order valence-corrected chi connectivity index (χ4v) is 5.04. The third kappa shape index (κ3) is 5.35. The van der Waals surface area contributed by atoms with Crippen molar-refractivity contribution in [2.45, 2.75) is 0 Å². The van der Waals surface area contributed by atoms with Crippen LogP contribution in [0.3, 0.4) is 0 Å². The molecule has 7 nitrogen and oxygen atoms in total. The second kappa shape index (κ2) is 10.6. The number of thiophene rings is 1. The quantitative estimate of drug-likeness (QED) is 0.0960.